The van der Waals surface area contributed by atoms with Gasteiger partial charge in [0, 0.05) is 22.1 Å². The minimum absolute atomic E-state index is 0.112. The highest BCUT2D eigenvalue weighted by molar-refractivity contribution is 5.99. The zero-order valence-corrected chi connectivity index (χ0v) is 30.9. The molecule has 9 aromatic rings. The largest absolute Gasteiger partial charge is 0.228 e. The van der Waals surface area contributed by atoms with Crippen molar-refractivity contribution in [2.45, 2.75) is 19.3 Å². The van der Waals surface area contributed by atoms with E-state index in [1.807, 2.05) is 6.07 Å². The molecule has 0 saturated heterocycles. The van der Waals surface area contributed by atoms with Crippen molar-refractivity contribution in [1.82, 2.24) is 9.97 Å². The zero-order chi connectivity index (χ0) is 36.9. The summed E-state index contributed by atoms with van der Waals surface area (Å²) in [6, 6.07) is 69.6. The van der Waals surface area contributed by atoms with Crippen LogP contribution in [0.4, 0.5) is 0 Å². The maximum absolute atomic E-state index is 5.30. The van der Waals surface area contributed by atoms with Crippen LogP contribution in [0.3, 0.4) is 0 Å². The number of hydrogen-bond donors (Lipinski definition) is 0. The Bertz CT molecular complexity index is 2870. The third-order valence-electron chi connectivity index (χ3n) is 11.3. The Labute approximate surface area is 322 Å². The fraction of sp³-hybridized carbons (Fsp3) is 0.0566. The topological polar surface area (TPSA) is 25.8 Å². The first-order valence-electron chi connectivity index (χ1n) is 19.0. The highest BCUT2D eigenvalue weighted by Gasteiger charge is 2.37. The number of aromatic nitrogens is 2. The fourth-order valence-corrected chi connectivity index (χ4v) is 8.44. The molecule has 0 aliphatic heterocycles. The fourth-order valence-electron chi connectivity index (χ4n) is 8.44. The average Bonchev–Trinajstić information content (AvgIpc) is 3.48. The monoisotopic (exact) mass is 702 g/mol. The van der Waals surface area contributed by atoms with Gasteiger partial charge in [-0.3, -0.25) is 0 Å². The van der Waals surface area contributed by atoms with E-state index in [9.17, 15) is 0 Å². The number of benzene rings is 8. The molecule has 0 saturated carbocycles. The predicted octanol–water partition coefficient (Wildman–Crippen LogP) is 13.9. The van der Waals surface area contributed by atoms with E-state index in [1.54, 1.807) is 0 Å². The first-order valence-corrected chi connectivity index (χ1v) is 19.0. The first-order chi connectivity index (χ1) is 27.0. The maximum atomic E-state index is 5.30. The van der Waals surface area contributed by atoms with Crippen LogP contribution < -0.4 is 0 Å². The maximum Gasteiger partial charge on any atom is 0.160 e. The molecular weight excluding hydrogens is 665 g/mol. The van der Waals surface area contributed by atoms with Crippen molar-refractivity contribution in [1.29, 1.82) is 0 Å². The van der Waals surface area contributed by atoms with Crippen LogP contribution >= 0.6 is 0 Å². The van der Waals surface area contributed by atoms with Crippen molar-refractivity contribution in [3.05, 3.63) is 205 Å². The molecule has 0 amide bonds. The summed E-state index contributed by atoms with van der Waals surface area (Å²) < 4.78 is 0. The van der Waals surface area contributed by atoms with Gasteiger partial charge in [-0.25, -0.2) is 9.97 Å². The molecule has 0 atom stereocenters. The van der Waals surface area contributed by atoms with Crippen molar-refractivity contribution in [3.8, 4) is 78.4 Å². The Balaban J connectivity index is 1.16. The smallest absolute Gasteiger partial charge is 0.160 e. The molecule has 0 bridgehead atoms. The summed E-state index contributed by atoms with van der Waals surface area (Å²) in [5.74, 6) is 0.700. The van der Waals surface area contributed by atoms with Gasteiger partial charge in [0.05, 0.1) is 11.4 Å². The lowest BCUT2D eigenvalue weighted by Crippen LogP contribution is -2.14. The van der Waals surface area contributed by atoms with Crippen LogP contribution in [0.5, 0.6) is 0 Å². The summed E-state index contributed by atoms with van der Waals surface area (Å²) in [6.45, 7) is 4.72. The highest BCUT2D eigenvalue weighted by Crippen LogP contribution is 2.53. The van der Waals surface area contributed by atoms with Gasteiger partial charge >= 0.3 is 0 Å². The number of rotatable bonds is 6. The Hall–Kier alpha value is -6.90. The zero-order valence-electron chi connectivity index (χ0n) is 30.9. The molecule has 1 aliphatic rings. The van der Waals surface area contributed by atoms with Crippen LogP contribution in [0, 0.1) is 0 Å². The number of fused-ring (bicyclic) bond motifs is 4. The predicted molar refractivity (Wildman–Crippen MR) is 230 cm³/mol. The van der Waals surface area contributed by atoms with Gasteiger partial charge in [-0.2, -0.15) is 0 Å². The van der Waals surface area contributed by atoms with E-state index < -0.39 is 0 Å². The lowest BCUT2D eigenvalue weighted by atomic mass is 9.81. The highest BCUT2D eigenvalue weighted by atomic mass is 14.9. The van der Waals surface area contributed by atoms with E-state index >= 15 is 0 Å². The van der Waals surface area contributed by atoms with Crippen LogP contribution in [0.2, 0.25) is 0 Å². The van der Waals surface area contributed by atoms with Crippen LogP contribution in [-0.4, -0.2) is 9.97 Å². The Morgan fingerprint density at radius 1 is 0.327 bits per heavy atom. The van der Waals surface area contributed by atoms with E-state index in [1.165, 1.54) is 49.7 Å². The average molecular weight is 703 g/mol. The molecule has 0 spiro atoms. The molecule has 1 aromatic heterocycles. The van der Waals surface area contributed by atoms with E-state index in [4.69, 9.17) is 9.97 Å². The summed E-state index contributed by atoms with van der Waals surface area (Å²) in [5.41, 5.74) is 17.1. The minimum Gasteiger partial charge on any atom is -0.228 e. The van der Waals surface area contributed by atoms with E-state index in [-0.39, 0.29) is 5.41 Å². The second-order valence-corrected chi connectivity index (χ2v) is 15.0. The van der Waals surface area contributed by atoms with Crippen LogP contribution in [0.15, 0.2) is 194 Å². The molecule has 0 fully saturated rings. The molecule has 2 nitrogen and oxygen atoms in total. The summed E-state index contributed by atoms with van der Waals surface area (Å²) in [7, 11) is 0. The molecule has 1 aliphatic carbocycles. The molecule has 8 aromatic carbocycles. The molecule has 0 radical (unpaired) electrons. The third-order valence-corrected chi connectivity index (χ3v) is 11.3. The van der Waals surface area contributed by atoms with Gasteiger partial charge in [-0.1, -0.05) is 178 Å². The molecule has 55 heavy (non-hydrogen) atoms. The summed E-state index contributed by atoms with van der Waals surface area (Å²) >= 11 is 0. The lowest BCUT2D eigenvalue weighted by Gasteiger charge is -2.22. The van der Waals surface area contributed by atoms with Crippen molar-refractivity contribution in [2.24, 2.45) is 0 Å². The second kappa shape index (κ2) is 13.2. The molecule has 260 valence electrons. The summed E-state index contributed by atoms with van der Waals surface area (Å²) in [5, 5.41) is 2.55. The quantitative estimate of drug-likeness (QED) is 0.172. The Morgan fingerprint density at radius 3 is 1.67 bits per heavy atom. The molecular formula is C53H38N2. The van der Waals surface area contributed by atoms with E-state index in [2.05, 4.69) is 202 Å². The SMILES string of the molecule is CC1(C)c2cc3ccccc3cc2-c2c(-c3cccc(-c4cc(-c5cc(-c6ccccc6)ccc5-c5ccccc5)nc(-c5ccccc5)n4)c3)cccc21. The lowest BCUT2D eigenvalue weighted by molar-refractivity contribution is 0.661. The summed E-state index contributed by atoms with van der Waals surface area (Å²) in [4.78, 5) is 10.6. The van der Waals surface area contributed by atoms with E-state index in [0.717, 1.165) is 44.8 Å². The minimum atomic E-state index is -0.112. The van der Waals surface area contributed by atoms with Gasteiger partial charge in [-0.15, -0.1) is 0 Å². The normalized spacial score (nSPS) is 12.7. The van der Waals surface area contributed by atoms with Gasteiger partial charge < -0.3 is 0 Å². The number of nitrogens with zero attached hydrogens (tertiary/aromatic N) is 2. The Kier molecular flexibility index (Phi) is 7.85. The molecule has 2 heteroatoms. The van der Waals surface area contributed by atoms with Gasteiger partial charge in [-0.05, 0) is 96.7 Å². The van der Waals surface area contributed by atoms with Crippen LogP contribution in [0.25, 0.3) is 89.2 Å². The summed E-state index contributed by atoms with van der Waals surface area (Å²) in [6.07, 6.45) is 0. The van der Waals surface area contributed by atoms with Gasteiger partial charge in [0.1, 0.15) is 0 Å². The van der Waals surface area contributed by atoms with Crippen molar-refractivity contribution in [3.63, 3.8) is 0 Å². The Morgan fingerprint density at radius 2 is 0.927 bits per heavy atom. The molecule has 1 heterocycles. The van der Waals surface area contributed by atoms with Crippen molar-refractivity contribution in [2.75, 3.05) is 0 Å². The molecule has 0 N–H and O–H groups in total. The molecule has 10 rings (SSSR count). The van der Waals surface area contributed by atoms with Crippen molar-refractivity contribution < 1.29 is 0 Å². The van der Waals surface area contributed by atoms with Gasteiger partial charge in [0.15, 0.2) is 5.82 Å². The van der Waals surface area contributed by atoms with Gasteiger partial charge in [0.25, 0.3) is 0 Å². The standard InChI is InChI=1S/C53H38N2/c1-53(2)47-27-15-26-44(51(47)46-32-38-22-12-13-23-39(38)33-48(46)53)41-24-14-25-42(30-41)49-34-50(55-52(54-49)37-20-10-5-11-21-37)45-31-40(35-16-6-3-7-17-35)28-29-43(45)36-18-8-4-9-19-36/h3-34H,1-2H3. The van der Waals surface area contributed by atoms with Gasteiger partial charge in [0.2, 0.25) is 0 Å². The van der Waals surface area contributed by atoms with Crippen LogP contribution in [-0.2, 0) is 5.41 Å². The van der Waals surface area contributed by atoms with Crippen molar-refractivity contribution >= 4 is 10.8 Å². The number of hydrogen-bond acceptors (Lipinski definition) is 2. The van der Waals surface area contributed by atoms with Crippen LogP contribution in [0.1, 0.15) is 25.0 Å². The molecule has 0 unspecified atom stereocenters. The first kappa shape index (κ1) is 32.7. The third kappa shape index (κ3) is 5.75. The second-order valence-electron chi connectivity index (χ2n) is 15.0. The van der Waals surface area contributed by atoms with E-state index in [0.29, 0.717) is 5.82 Å².